The summed E-state index contributed by atoms with van der Waals surface area (Å²) in [7, 11) is 0. The number of aromatic nitrogens is 4. The summed E-state index contributed by atoms with van der Waals surface area (Å²) in [6, 6.07) is -0.775. The van der Waals surface area contributed by atoms with Crippen LogP contribution in [0.4, 0.5) is 5.82 Å². The van der Waals surface area contributed by atoms with E-state index >= 15 is 0 Å². The van der Waals surface area contributed by atoms with Crippen LogP contribution in [0.15, 0.2) is 12.7 Å². The quantitative estimate of drug-likeness (QED) is 0.153. The molecular weight excluding hydrogens is 587 g/mol. The zero-order valence-corrected chi connectivity index (χ0v) is 26.1. The van der Waals surface area contributed by atoms with Crippen LogP contribution in [0.2, 0.25) is 0 Å². The minimum absolute atomic E-state index is 0.0414. The van der Waals surface area contributed by atoms with Gasteiger partial charge in [-0.15, -0.1) is 11.6 Å². The van der Waals surface area contributed by atoms with Crippen LogP contribution >= 0.6 is 30.0 Å². The third kappa shape index (κ3) is 8.80. The highest BCUT2D eigenvalue weighted by Gasteiger charge is 2.38. The lowest BCUT2D eigenvalue weighted by molar-refractivity contribution is -0.149. The standard InChI is InChI=1S/C23H36ClN6O6PS2/c1-13(2)35-21(31)14(3)29-37(38,33-7-8-39-22(32)23(4,5)6)34-10-15-9-16(24)20(36-15)30-12-28-17-18(25)26-11-27-19(17)30/h11-16,20H,7-10H2,1-6H3,(H,29,38)(H2,25,26,27)/t14-,15-,16-,20+,37?/m0/s1. The second-order valence-electron chi connectivity index (χ2n) is 10.3. The number of anilines is 1. The lowest BCUT2D eigenvalue weighted by atomic mass is 10.00. The van der Waals surface area contributed by atoms with Crippen LogP contribution in [0.1, 0.15) is 54.2 Å². The molecule has 0 aliphatic carbocycles. The molecule has 39 heavy (non-hydrogen) atoms. The second kappa shape index (κ2) is 13.5. The molecular formula is C23H36ClN6O6PS2. The van der Waals surface area contributed by atoms with E-state index in [2.05, 4.69) is 20.0 Å². The number of carbonyl (C=O) groups excluding carboxylic acids is 2. The molecule has 1 fully saturated rings. The summed E-state index contributed by atoms with van der Waals surface area (Å²) < 4.78 is 25.2. The second-order valence-corrected chi connectivity index (χ2v) is 15.2. The van der Waals surface area contributed by atoms with Crippen LogP contribution in [0, 0.1) is 5.41 Å². The molecule has 12 nitrogen and oxygen atoms in total. The van der Waals surface area contributed by atoms with Crippen LogP contribution in [-0.4, -0.2) is 73.2 Å². The Morgan fingerprint density at radius 3 is 2.69 bits per heavy atom. The zero-order chi connectivity index (χ0) is 29.0. The van der Waals surface area contributed by atoms with E-state index in [-0.39, 0.29) is 30.3 Å². The molecule has 1 unspecified atom stereocenters. The molecule has 3 N–H and O–H groups in total. The average Bonchev–Trinajstić information content (AvgIpc) is 3.43. The van der Waals surface area contributed by atoms with Gasteiger partial charge in [0, 0.05) is 11.2 Å². The van der Waals surface area contributed by atoms with Crippen molar-refractivity contribution in [2.45, 2.75) is 77.8 Å². The van der Waals surface area contributed by atoms with Crippen LogP contribution in [0.3, 0.4) is 0 Å². The van der Waals surface area contributed by atoms with Crippen molar-refractivity contribution >= 4 is 69.9 Å². The number of nitrogens with two attached hydrogens (primary N) is 1. The number of halogens is 1. The van der Waals surface area contributed by atoms with E-state index in [9.17, 15) is 9.59 Å². The molecule has 16 heteroatoms. The molecule has 5 atom stereocenters. The molecule has 2 aromatic heterocycles. The normalized spacial score (nSPS) is 22.2. The maximum Gasteiger partial charge on any atom is 0.323 e. The number of nitrogens with one attached hydrogen (secondary N) is 1. The number of carbonyl (C=O) groups is 2. The smallest absolute Gasteiger partial charge is 0.323 e. The zero-order valence-electron chi connectivity index (χ0n) is 22.8. The van der Waals surface area contributed by atoms with Gasteiger partial charge in [0.05, 0.1) is 37.1 Å². The van der Waals surface area contributed by atoms with Gasteiger partial charge in [-0.1, -0.05) is 32.5 Å². The Bertz CT molecular complexity index is 1210. The van der Waals surface area contributed by atoms with Crippen LogP contribution in [0.25, 0.3) is 11.2 Å². The van der Waals surface area contributed by atoms with Crippen LogP contribution < -0.4 is 10.8 Å². The summed E-state index contributed by atoms with van der Waals surface area (Å²) in [5.41, 5.74) is 6.40. The SMILES string of the molecule is CC(C)OC(=O)[C@H](C)NP(=S)(OCCSC(=O)C(C)(C)C)OC[C@@H]1C[C@H](Cl)[C@H](n2cnc3c(N)ncnc32)O1. The number of ether oxygens (including phenoxy) is 2. The molecule has 3 heterocycles. The first-order valence-electron chi connectivity index (χ1n) is 12.5. The van der Waals surface area contributed by atoms with Crippen molar-refractivity contribution in [1.82, 2.24) is 24.6 Å². The summed E-state index contributed by atoms with van der Waals surface area (Å²) in [6.45, 7) is 7.74. The summed E-state index contributed by atoms with van der Waals surface area (Å²) in [4.78, 5) is 37.2. The number of fused-ring (bicyclic) bond motifs is 1. The maximum absolute atomic E-state index is 12.4. The van der Waals surface area contributed by atoms with Gasteiger partial charge in [-0.2, -0.15) is 0 Å². The van der Waals surface area contributed by atoms with Gasteiger partial charge in [-0.3, -0.25) is 14.2 Å². The number of nitrogen functional groups attached to an aromatic ring is 1. The number of esters is 1. The molecule has 0 radical (unpaired) electrons. The van der Waals surface area contributed by atoms with Crippen molar-refractivity contribution in [1.29, 1.82) is 0 Å². The highest BCUT2D eigenvalue weighted by molar-refractivity contribution is 8.13. The highest BCUT2D eigenvalue weighted by atomic mass is 35.5. The van der Waals surface area contributed by atoms with E-state index in [4.69, 9.17) is 47.7 Å². The number of rotatable bonds is 12. The lowest BCUT2D eigenvalue weighted by Crippen LogP contribution is -2.36. The van der Waals surface area contributed by atoms with E-state index < -0.39 is 41.8 Å². The van der Waals surface area contributed by atoms with E-state index in [0.29, 0.717) is 23.3 Å². The highest BCUT2D eigenvalue weighted by Crippen LogP contribution is 2.46. The summed E-state index contributed by atoms with van der Waals surface area (Å²) in [5, 5.41) is 2.64. The molecule has 1 aliphatic heterocycles. The fourth-order valence-electron chi connectivity index (χ4n) is 3.53. The number of hydrogen-bond acceptors (Lipinski definition) is 12. The van der Waals surface area contributed by atoms with E-state index in [1.54, 1.807) is 31.7 Å². The van der Waals surface area contributed by atoms with Crippen molar-refractivity contribution in [2.75, 3.05) is 24.7 Å². The molecule has 3 rings (SSSR count). The molecule has 0 spiro atoms. The molecule has 0 bridgehead atoms. The molecule has 1 saturated heterocycles. The topological polar surface area (TPSA) is 153 Å². The molecule has 0 aromatic carbocycles. The Balaban J connectivity index is 1.65. The number of hydrogen-bond donors (Lipinski definition) is 2. The van der Waals surface area contributed by atoms with Crippen LogP contribution in [0.5, 0.6) is 0 Å². The number of alkyl halides is 1. The van der Waals surface area contributed by atoms with Crippen molar-refractivity contribution in [3.8, 4) is 0 Å². The van der Waals surface area contributed by atoms with Gasteiger partial charge in [0.2, 0.25) is 0 Å². The summed E-state index contributed by atoms with van der Waals surface area (Å²) >= 11 is 13.5. The fraction of sp³-hybridized carbons (Fsp3) is 0.696. The lowest BCUT2D eigenvalue weighted by Gasteiger charge is -2.27. The monoisotopic (exact) mass is 622 g/mol. The van der Waals surface area contributed by atoms with Gasteiger partial charge in [0.25, 0.3) is 6.64 Å². The van der Waals surface area contributed by atoms with Crippen molar-refractivity contribution < 1.29 is 28.1 Å². The van der Waals surface area contributed by atoms with Crippen molar-refractivity contribution in [3.63, 3.8) is 0 Å². The Labute approximate surface area is 242 Å². The largest absolute Gasteiger partial charge is 0.462 e. The van der Waals surface area contributed by atoms with Gasteiger partial charge in [-0.25, -0.2) is 20.0 Å². The molecule has 2 aromatic rings. The van der Waals surface area contributed by atoms with Crippen molar-refractivity contribution in [3.05, 3.63) is 12.7 Å². The number of thioether (sulfide) groups is 1. The van der Waals surface area contributed by atoms with Gasteiger partial charge in [0.15, 0.2) is 22.8 Å². The third-order valence-corrected chi connectivity index (χ3v) is 9.77. The number of imidazole rings is 1. The molecule has 218 valence electrons. The maximum atomic E-state index is 12.4. The van der Waals surface area contributed by atoms with Gasteiger partial charge in [0.1, 0.15) is 17.9 Å². The van der Waals surface area contributed by atoms with Gasteiger partial charge in [-0.05, 0) is 39.0 Å². The van der Waals surface area contributed by atoms with Gasteiger partial charge < -0.3 is 24.3 Å². The van der Waals surface area contributed by atoms with Crippen molar-refractivity contribution in [2.24, 2.45) is 5.41 Å². The third-order valence-electron chi connectivity index (χ3n) is 5.47. The first-order valence-corrected chi connectivity index (χ1v) is 16.5. The molecule has 1 aliphatic rings. The van der Waals surface area contributed by atoms with E-state index in [1.165, 1.54) is 6.33 Å². The molecule has 0 amide bonds. The Hall–Kier alpha value is -1.38. The predicted octanol–water partition coefficient (Wildman–Crippen LogP) is 3.80. The summed E-state index contributed by atoms with van der Waals surface area (Å²) in [5.74, 6) is 0.170. The average molecular weight is 623 g/mol. The first-order chi connectivity index (χ1) is 18.2. The Morgan fingerprint density at radius 1 is 1.31 bits per heavy atom. The van der Waals surface area contributed by atoms with Gasteiger partial charge >= 0.3 is 5.97 Å². The fourth-order valence-corrected chi connectivity index (χ4v) is 7.20. The number of nitrogens with zero attached hydrogens (tertiary/aromatic N) is 4. The van der Waals surface area contributed by atoms with Crippen LogP contribution in [-0.2, 0) is 39.9 Å². The van der Waals surface area contributed by atoms with E-state index in [1.807, 2.05) is 20.8 Å². The first kappa shape index (κ1) is 32.1. The minimum atomic E-state index is -3.19. The predicted molar refractivity (Wildman–Crippen MR) is 155 cm³/mol. The summed E-state index contributed by atoms with van der Waals surface area (Å²) in [6.07, 6.45) is 2.11. The van der Waals surface area contributed by atoms with E-state index in [0.717, 1.165) is 11.8 Å². The Morgan fingerprint density at radius 2 is 2.03 bits per heavy atom. The molecule has 0 saturated carbocycles. The Kier molecular flexibility index (Phi) is 11.1. The minimum Gasteiger partial charge on any atom is -0.462 e.